The van der Waals surface area contributed by atoms with Crippen molar-refractivity contribution in [3.8, 4) is 5.75 Å². The molecule has 32 heavy (non-hydrogen) atoms. The summed E-state index contributed by atoms with van der Waals surface area (Å²) < 4.78 is 16.7. The molecule has 0 spiro atoms. The molecular weight excluding hydrogens is 406 g/mol. The Morgan fingerprint density at radius 1 is 1.03 bits per heavy atom. The van der Waals surface area contributed by atoms with Gasteiger partial charge in [0, 0.05) is 25.9 Å². The molecule has 2 rings (SSSR count). The van der Waals surface area contributed by atoms with Crippen LogP contribution < -0.4 is 4.74 Å². The number of ether oxygens (including phenoxy) is 3. The third kappa shape index (κ3) is 9.22. The minimum Gasteiger partial charge on any atom is -0.497 e. The minimum atomic E-state index is -0.781. The van der Waals surface area contributed by atoms with E-state index in [0.29, 0.717) is 19.8 Å². The fraction of sp³-hybridized carbons (Fsp3) is 0.423. The highest BCUT2D eigenvalue weighted by Gasteiger charge is 2.26. The zero-order chi connectivity index (χ0) is 23.4. The Labute approximate surface area is 191 Å². The Balaban J connectivity index is 1.89. The van der Waals surface area contributed by atoms with Crippen molar-refractivity contribution in [1.82, 2.24) is 4.90 Å². The average molecular weight is 442 g/mol. The Hall–Kier alpha value is -2.67. The summed E-state index contributed by atoms with van der Waals surface area (Å²) in [6.07, 6.45) is 3.05. The minimum absolute atomic E-state index is 0.00528. The van der Waals surface area contributed by atoms with Gasteiger partial charge in [-0.3, -0.25) is 4.79 Å². The predicted molar refractivity (Wildman–Crippen MR) is 125 cm³/mol. The maximum Gasteiger partial charge on any atom is 0.223 e. The van der Waals surface area contributed by atoms with E-state index in [1.54, 1.807) is 32.2 Å². The number of benzene rings is 2. The Bertz CT molecular complexity index is 835. The second kappa shape index (κ2) is 13.0. The summed E-state index contributed by atoms with van der Waals surface area (Å²) in [6.45, 7) is 3.34. The normalized spacial score (nSPS) is 14.2. The zero-order valence-corrected chi connectivity index (χ0v) is 19.5. The number of aliphatic hydroxyl groups excluding tert-OH is 1. The Morgan fingerprint density at radius 3 is 2.28 bits per heavy atom. The summed E-state index contributed by atoms with van der Waals surface area (Å²) in [4.78, 5) is 13.9. The first-order chi connectivity index (χ1) is 15.3. The number of amides is 1. The molecule has 2 atom stereocenters. The summed E-state index contributed by atoms with van der Waals surface area (Å²) in [5.41, 5.74) is 1.52. The molecule has 2 aromatic rings. The van der Waals surface area contributed by atoms with Crippen LogP contribution in [-0.4, -0.2) is 56.4 Å². The molecule has 0 bridgehead atoms. The van der Waals surface area contributed by atoms with Crippen LogP contribution in [0.2, 0.25) is 0 Å². The van der Waals surface area contributed by atoms with E-state index < -0.39 is 11.5 Å². The van der Waals surface area contributed by atoms with Gasteiger partial charge < -0.3 is 24.2 Å². The SMILES string of the molecule is COc1ccc(COC[C@H](O)/C=C/[C@](C)(COCc2ccccc2)CC(=O)N(C)C)cc1. The molecule has 0 aliphatic rings. The maximum absolute atomic E-state index is 12.4. The fourth-order valence-electron chi connectivity index (χ4n) is 3.06. The van der Waals surface area contributed by atoms with Gasteiger partial charge in [0.1, 0.15) is 5.75 Å². The van der Waals surface area contributed by atoms with Crippen LogP contribution in [0.1, 0.15) is 24.5 Å². The first-order valence-corrected chi connectivity index (χ1v) is 10.7. The average Bonchev–Trinajstić information content (AvgIpc) is 2.79. The first kappa shape index (κ1) is 25.6. The number of carbonyl (C=O) groups is 1. The van der Waals surface area contributed by atoms with Gasteiger partial charge in [-0.15, -0.1) is 0 Å². The number of hydrogen-bond donors (Lipinski definition) is 1. The highest BCUT2D eigenvalue weighted by molar-refractivity contribution is 5.76. The molecule has 0 fully saturated rings. The van der Waals surface area contributed by atoms with Crippen molar-refractivity contribution >= 4 is 5.91 Å². The van der Waals surface area contributed by atoms with E-state index in [1.807, 2.05) is 67.6 Å². The van der Waals surface area contributed by atoms with Gasteiger partial charge in [-0.05, 0) is 23.3 Å². The summed E-state index contributed by atoms with van der Waals surface area (Å²) >= 11 is 0. The van der Waals surface area contributed by atoms with Gasteiger partial charge in [-0.25, -0.2) is 0 Å². The van der Waals surface area contributed by atoms with Crippen LogP contribution in [0.25, 0.3) is 0 Å². The van der Waals surface area contributed by atoms with Crippen LogP contribution in [0, 0.1) is 5.41 Å². The van der Waals surface area contributed by atoms with Crippen molar-refractivity contribution in [3.63, 3.8) is 0 Å². The molecule has 0 heterocycles. The highest BCUT2D eigenvalue weighted by atomic mass is 16.5. The van der Waals surface area contributed by atoms with Crippen molar-refractivity contribution in [3.05, 3.63) is 77.9 Å². The molecule has 0 saturated heterocycles. The van der Waals surface area contributed by atoms with Crippen LogP contribution in [0.5, 0.6) is 5.75 Å². The molecule has 6 heteroatoms. The van der Waals surface area contributed by atoms with Crippen LogP contribution in [0.4, 0.5) is 0 Å². The molecule has 0 radical (unpaired) electrons. The number of methoxy groups -OCH3 is 1. The van der Waals surface area contributed by atoms with Crippen molar-refractivity contribution in [2.24, 2.45) is 5.41 Å². The second-order valence-electron chi connectivity index (χ2n) is 8.39. The summed E-state index contributed by atoms with van der Waals surface area (Å²) in [7, 11) is 5.10. The van der Waals surface area contributed by atoms with Crippen molar-refractivity contribution in [2.75, 3.05) is 34.4 Å². The fourth-order valence-corrected chi connectivity index (χ4v) is 3.06. The van der Waals surface area contributed by atoms with E-state index in [1.165, 1.54) is 0 Å². The van der Waals surface area contributed by atoms with Crippen LogP contribution >= 0.6 is 0 Å². The van der Waals surface area contributed by atoms with Gasteiger partial charge in [-0.1, -0.05) is 61.5 Å². The molecule has 0 aliphatic carbocycles. The lowest BCUT2D eigenvalue weighted by Crippen LogP contribution is -2.31. The molecule has 0 unspecified atom stereocenters. The van der Waals surface area contributed by atoms with E-state index in [2.05, 4.69) is 0 Å². The maximum atomic E-state index is 12.4. The van der Waals surface area contributed by atoms with Gasteiger partial charge in [-0.2, -0.15) is 0 Å². The number of nitrogens with zero attached hydrogens (tertiary/aromatic N) is 1. The summed E-state index contributed by atoms with van der Waals surface area (Å²) in [5.74, 6) is 0.795. The molecule has 1 amide bonds. The number of rotatable bonds is 13. The topological polar surface area (TPSA) is 68.2 Å². The molecule has 6 nitrogen and oxygen atoms in total. The quantitative estimate of drug-likeness (QED) is 0.479. The third-order valence-electron chi connectivity index (χ3n) is 5.03. The molecular formula is C26H35NO5. The first-order valence-electron chi connectivity index (χ1n) is 10.7. The summed E-state index contributed by atoms with van der Waals surface area (Å²) in [5, 5.41) is 10.4. The second-order valence-corrected chi connectivity index (χ2v) is 8.39. The summed E-state index contributed by atoms with van der Waals surface area (Å²) in [6, 6.07) is 17.5. The molecule has 0 aromatic heterocycles. The third-order valence-corrected chi connectivity index (χ3v) is 5.03. The number of aliphatic hydroxyl groups is 1. The lowest BCUT2D eigenvalue weighted by atomic mass is 9.86. The predicted octanol–water partition coefficient (Wildman–Crippen LogP) is 3.83. The van der Waals surface area contributed by atoms with Crippen molar-refractivity contribution in [2.45, 2.75) is 32.7 Å². The number of hydrogen-bond acceptors (Lipinski definition) is 5. The molecule has 0 saturated carbocycles. The van der Waals surface area contributed by atoms with Crippen molar-refractivity contribution < 1.29 is 24.1 Å². The van der Waals surface area contributed by atoms with Gasteiger partial charge in [0.15, 0.2) is 0 Å². The molecule has 0 aliphatic heterocycles. The van der Waals surface area contributed by atoms with E-state index in [0.717, 1.165) is 16.9 Å². The standard InChI is InChI=1S/C26H35NO5/c1-26(16-25(29)27(2)3,20-32-18-21-8-6-5-7-9-21)15-14-23(28)19-31-17-22-10-12-24(30-4)13-11-22/h5-15,23,28H,16-20H2,1-4H3/b15-14+/t23-,26+/m1/s1. The lowest BCUT2D eigenvalue weighted by molar-refractivity contribution is -0.131. The van der Waals surface area contributed by atoms with Crippen LogP contribution in [0.3, 0.4) is 0 Å². The van der Waals surface area contributed by atoms with Gasteiger partial charge in [0.2, 0.25) is 5.91 Å². The van der Waals surface area contributed by atoms with Crippen LogP contribution in [0.15, 0.2) is 66.7 Å². The highest BCUT2D eigenvalue weighted by Crippen LogP contribution is 2.26. The van der Waals surface area contributed by atoms with Gasteiger partial charge in [0.05, 0.1) is 39.6 Å². The zero-order valence-electron chi connectivity index (χ0n) is 19.5. The Kier molecular flexibility index (Phi) is 10.4. The van der Waals surface area contributed by atoms with Gasteiger partial charge in [0.25, 0.3) is 0 Å². The largest absolute Gasteiger partial charge is 0.497 e. The molecule has 2 aromatic carbocycles. The number of carbonyl (C=O) groups excluding carboxylic acids is 1. The van der Waals surface area contributed by atoms with E-state index in [4.69, 9.17) is 14.2 Å². The lowest BCUT2D eigenvalue weighted by Gasteiger charge is -2.27. The van der Waals surface area contributed by atoms with E-state index >= 15 is 0 Å². The van der Waals surface area contributed by atoms with E-state index in [9.17, 15) is 9.90 Å². The van der Waals surface area contributed by atoms with Gasteiger partial charge >= 0.3 is 0 Å². The van der Waals surface area contributed by atoms with Crippen LogP contribution in [-0.2, 0) is 27.5 Å². The smallest absolute Gasteiger partial charge is 0.223 e. The molecule has 174 valence electrons. The van der Waals surface area contributed by atoms with Crippen molar-refractivity contribution in [1.29, 1.82) is 0 Å². The Morgan fingerprint density at radius 2 is 1.66 bits per heavy atom. The monoisotopic (exact) mass is 441 g/mol. The van der Waals surface area contributed by atoms with E-state index in [-0.39, 0.29) is 18.9 Å². The molecule has 1 N–H and O–H groups in total.